The zero-order valence-corrected chi connectivity index (χ0v) is 11.2. The van der Waals surface area contributed by atoms with E-state index in [1.54, 1.807) is 24.5 Å². The molecule has 2 aromatic rings. The Hall–Kier alpha value is -2.64. The van der Waals surface area contributed by atoms with E-state index in [4.69, 9.17) is 5.73 Å². The lowest BCUT2D eigenvalue weighted by Gasteiger charge is -2.08. The molecule has 100 valence electrons. The fourth-order valence-corrected chi connectivity index (χ4v) is 1.69. The molecule has 2 rings (SSSR count). The second kappa shape index (κ2) is 6.50. The Morgan fingerprint density at radius 1 is 1.30 bits per heavy atom. The van der Waals surface area contributed by atoms with Crippen LogP contribution in [0.25, 0.3) is 0 Å². The molecule has 0 fully saturated rings. The number of benzene rings is 1. The molecule has 1 heterocycles. The van der Waals surface area contributed by atoms with Gasteiger partial charge in [0.25, 0.3) is 5.91 Å². The average molecular weight is 265 g/mol. The molecule has 4 nitrogen and oxygen atoms in total. The van der Waals surface area contributed by atoms with Crippen molar-refractivity contribution in [3.05, 3.63) is 59.4 Å². The number of hydrogen-bond acceptors (Lipinski definition) is 3. The summed E-state index contributed by atoms with van der Waals surface area (Å²) in [6.45, 7) is 2.24. The molecule has 1 aromatic carbocycles. The van der Waals surface area contributed by atoms with Crippen LogP contribution in [0.5, 0.6) is 0 Å². The molecule has 0 aliphatic carbocycles. The minimum absolute atomic E-state index is 0.167. The molecule has 0 saturated carbocycles. The number of nitrogens with two attached hydrogens (primary N) is 1. The molecule has 0 atom stereocenters. The quantitative estimate of drug-likeness (QED) is 0.815. The summed E-state index contributed by atoms with van der Waals surface area (Å²) >= 11 is 0. The first kappa shape index (κ1) is 13.8. The molecule has 0 aliphatic rings. The summed E-state index contributed by atoms with van der Waals surface area (Å²) in [4.78, 5) is 16.0. The molecule has 20 heavy (non-hydrogen) atoms. The van der Waals surface area contributed by atoms with Gasteiger partial charge in [-0.15, -0.1) is 0 Å². The van der Waals surface area contributed by atoms with Gasteiger partial charge in [0.2, 0.25) is 0 Å². The van der Waals surface area contributed by atoms with Gasteiger partial charge in [-0.3, -0.25) is 9.78 Å². The van der Waals surface area contributed by atoms with Crippen molar-refractivity contribution in [2.75, 3.05) is 11.9 Å². The summed E-state index contributed by atoms with van der Waals surface area (Å²) in [6.07, 6.45) is 3.18. The average Bonchev–Trinajstić information content (AvgIpc) is 2.49. The van der Waals surface area contributed by atoms with E-state index < -0.39 is 0 Å². The second-order valence-electron chi connectivity index (χ2n) is 4.23. The van der Waals surface area contributed by atoms with Crippen LogP contribution in [-0.4, -0.2) is 17.4 Å². The van der Waals surface area contributed by atoms with Crippen molar-refractivity contribution in [2.24, 2.45) is 5.73 Å². The summed E-state index contributed by atoms with van der Waals surface area (Å²) in [5.41, 5.74) is 8.47. The summed E-state index contributed by atoms with van der Waals surface area (Å²) in [6, 6.07) is 9.01. The van der Waals surface area contributed by atoms with E-state index in [0.29, 0.717) is 12.1 Å². The number of anilines is 1. The van der Waals surface area contributed by atoms with E-state index in [9.17, 15) is 4.79 Å². The van der Waals surface area contributed by atoms with E-state index in [-0.39, 0.29) is 5.91 Å². The zero-order valence-electron chi connectivity index (χ0n) is 11.2. The van der Waals surface area contributed by atoms with Crippen LogP contribution in [-0.2, 0) is 0 Å². The smallest absolute Gasteiger partial charge is 0.255 e. The van der Waals surface area contributed by atoms with Gasteiger partial charge in [-0.05, 0) is 36.8 Å². The third-order valence-corrected chi connectivity index (χ3v) is 2.76. The fraction of sp³-hybridized carbons (Fsp3) is 0.125. The van der Waals surface area contributed by atoms with E-state index >= 15 is 0 Å². The first-order chi connectivity index (χ1) is 9.70. The van der Waals surface area contributed by atoms with E-state index in [1.807, 2.05) is 25.1 Å². The molecule has 0 aliphatic heterocycles. The number of carbonyl (C=O) groups excluding carboxylic acids is 1. The Balaban J connectivity index is 2.22. The highest BCUT2D eigenvalue weighted by Crippen LogP contribution is 2.17. The monoisotopic (exact) mass is 265 g/mol. The lowest BCUT2D eigenvalue weighted by Crippen LogP contribution is -2.12. The van der Waals surface area contributed by atoms with E-state index in [1.165, 1.54) is 0 Å². The van der Waals surface area contributed by atoms with Crippen molar-refractivity contribution >= 4 is 11.6 Å². The molecule has 0 bridgehead atoms. The predicted octanol–water partition coefficient (Wildman–Crippen LogP) is 1.95. The molecule has 0 radical (unpaired) electrons. The van der Waals surface area contributed by atoms with Crippen LogP contribution in [0.4, 0.5) is 5.69 Å². The Labute approximate surface area is 118 Å². The minimum atomic E-state index is -0.167. The summed E-state index contributed by atoms with van der Waals surface area (Å²) in [5, 5.41) is 2.88. The highest BCUT2D eigenvalue weighted by atomic mass is 16.1. The normalized spacial score (nSPS) is 9.50. The molecule has 1 amide bonds. The summed E-state index contributed by atoms with van der Waals surface area (Å²) < 4.78 is 0. The molecule has 0 unspecified atom stereocenters. The van der Waals surface area contributed by atoms with Gasteiger partial charge in [0.15, 0.2) is 0 Å². The van der Waals surface area contributed by atoms with Gasteiger partial charge >= 0.3 is 0 Å². The van der Waals surface area contributed by atoms with Gasteiger partial charge in [-0.2, -0.15) is 0 Å². The fourth-order valence-electron chi connectivity index (χ4n) is 1.69. The third-order valence-electron chi connectivity index (χ3n) is 2.76. The first-order valence-corrected chi connectivity index (χ1v) is 6.21. The predicted molar refractivity (Wildman–Crippen MR) is 79.3 cm³/mol. The van der Waals surface area contributed by atoms with Crippen molar-refractivity contribution < 1.29 is 4.79 Å². The maximum absolute atomic E-state index is 12.1. The Morgan fingerprint density at radius 2 is 2.05 bits per heavy atom. The van der Waals surface area contributed by atoms with Gasteiger partial charge in [-0.1, -0.05) is 17.9 Å². The van der Waals surface area contributed by atoms with Gasteiger partial charge in [0.05, 0.1) is 6.54 Å². The molecule has 0 saturated heterocycles. The van der Waals surface area contributed by atoms with Crippen LogP contribution in [0, 0.1) is 18.8 Å². The lowest BCUT2D eigenvalue weighted by atomic mass is 10.1. The van der Waals surface area contributed by atoms with Crippen LogP contribution in [0.2, 0.25) is 0 Å². The summed E-state index contributed by atoms with van der Waals surface area (Å²) in [5.74, 6) is 5.57. The number of nitrogens with one attached hydrogen (secondary N) is 1. The highest BCUT2D eigenvalue weighted by Gasteiger charge is 2.07. The topological polar surface area (TPSA) is 68.0 Å². The number of carbonyl (C=O) groups is 1. The van der Waals surface area contributed by atoms with Gasteiger partial charge in [0, 0.05) is 29.2 Å². The number of pyridine rings is 1. The molecular formula is C16H15N3O. The van der Waals surface area contributed by atoms with Gasteiger partial charge < -0.3 is 11.1 Å². The molecule has 4 heteroatoms. The number of nitrogens with zero attached hydrogens (tertiary/aromatic N) is 1. The van der Waals surface area contributed by atoms with Crippen molar-refractivity contribution in [2.45, 2.75) is 6.92 Å². The number of rotatable bonds is 2. The Kier molecular flexibility index (Phi) is 4.48. The Bertz CT molecular complexity index is 669. The van der Waals surface area contributed by atoms with Crippen molar-refractivity contribution in [1.82, 2.24) is 4.98 Å². The standard InChI is InChI=1S/C16H15N3O/c1-12-4-5-13(3-2-8-17)11-15(12)19-16(20)14-6-9-18-10-7-14/h4-7,9-11H,8,17H2,1H3,(H,19,20). The first-order valence-electron chi connectivity index (χ1n) is 6.21. The summed E-state index contributed by atoms with van der Waals surface area (Å²) in [7, 11) is 0. The lowest BCUT2D eigenvalue weighted by molar-refractivity contribution is 0.102. The zero-order chi connectivity index (χ0) is 14.4. The van der Waals surface area contributed by atoms with Crippen LogP contribution in [0.1, 0.15) is 21.5 Å². The minimum Gasteiger partial charge on any atom is -0.322 e. The van der Waals surface area contributed by atoms with Gasteiger partial charge in [0.1, 0.15) is 0 Å². The second-order valence-corrected chi connectivity index (χ2v) is 4.23. The molecule has 0 spiro atoms. The largest absolute Gasteiger partial charge is 0.322 e. The maximum atomic E-state index is 12.1. The van der Waals surface area contributed by atoms with Crippen molar-refractivity contribution in [3.8, 4) is 11.8 Å². The molecule has 1 aromatic heterocycles. The highest BCUT2D eigenvalue weighted by molar-refractivity contribution is 6.04. The Morgan fingerprint density at radius 3 is 2.75 bits per heavy atom. The van der Waals surface area contributed by atoms with Crippen LogP contribution in [0.15, 0.2) is 42.7 Å². The number of aromatic nitrogens is 1. The van der Waals surface area contributed by atoms with E-state index in [2.05, 4.69) is 22.1 Å². The molecular weight excluding hydrogens is 250 g/mol. The van der Waals surface area contributed by atoms with Crippen LogP contribution >= 0.6 is 0 Å². The van der Waals surface area contributed by atoms with Gasteiger partial charge in [-0.25, -0.2) is 0 Å². The number of aryl methyl sites for hydroxylation is 1. The molecule has 3 N–H and O–H groups in total. The SMILES string of the molecule is Cc1ccc(C#CCN)cc1NC(=O)c1ccncc1. The van der Waals surface area contributed by atoms with Crippen molar-refractivity contribution in [1.29, 1.82) is 0 Å². The maximum Gasteiger partial charge on any atom is 0.255 e. The van der Waals surface area contributed by atoms with Crippen LogP contribution < -0.4 is 11.1 Å². The van der Waals surface area contributed by atoms with Crippen LogP contribution in [0.3, 0.4) is 0 Å². The number of amides is 1. The third kappa shape index (κ3) is 3.44. The van der Waals surface area contributed by atoms with E-state index in [0.717, 1.165) is 16.8 Å². The number of hydrogen-bond donors (Lipinski definition) is 2. The van der Waals surface area contributed by atoms with Crippen molar-refractivity contribution in [3.63, 3.8) is 0 Å².